The Morgan fingerprint density at radius 3 is 2.25 bits per heavy atom. The van der Waals surface area contributed by atoms with Crippen molar-refractivity contribution in [3.8, 4) is 5.75 Å². The van der Waals surface area contributed by atoms with E-state index in [0.29, 0.717) is 0 Å². The molecule has 0 N–H and O–H groups in total. The first kappa shape index (κ1) is 13.3. The molecule has 0 aliphatic rings. The summed E-state index contributed by atoms with van der Waals surface area (Å²) in [7, 11) is -0.916. The van der Waals surface area contributed by atoms with Gasteiger partial charge in [0, 0.05) is 0 Å². The molecule has 1 aromatic carbocycles. The molecule has 0 unspecified atom stereocenters. The third-order valence-electron chi connectivity index (χ3n) is 3.64. The summed E-state index contributed by atoms with van der Waals surface area (Å²) in [6, 6.07) is 14.3. The van der Waals surface area contributed by atoms with Gasteiger partial charge in [-0.25, -0.2) is 0 Å². The maximum absolute atomic E-state index is 5.71. The highest BCUT2D eigenvalue weighted by molar-refractivity contribution is 6.78. The Labute approximate surface area is 101 Å². The standard InChI is InChI=1S/C14H24OSi/c1-4-16(3,5-2)13-9-12-15-14-10-7-6-8-11-14/h6-8,10-11H,4-5,9,12-13H2,1-3H3. The Morgan fingerprint density at radius 1 is 1.06 bits per heavy atom. The fraction of sp³-hybridized carbons (Fsp3) is 0.571. The molecule has 0 aliphatic carbocycles. The molecule has 1 nitrogen and oxygen atoms in total. The van der Waals surface area contributed by atoms with E-state index in [1.54, 1.807) is 0 Å². The van der Waals surface area contributed by atoms with Gasteiger partial charge in [0.05, 0.1) is 14.7 Å². The zero-order valence-corrected chi connectivity index (χ0v) is 11.8. The quantitative estimate of drug-likeness (QED) is 0.497. The van der Waals surface area contributed by atoms with Crippen LogP contribution in [-0.2, 0) is 0 Å². The van der Waals surface area contributed by atoms with Crippen LogP contribution in [0.4, 0.5) is 0 Å². The van der Waals surface area contributed by atoms with Crippen molar-refractivity contribution in [1.29, 1.82) is 0 Å². The Balaban J connectivity index is 2.22. The van der Waals surface area contributed by atoms with Crippen molar-refractivity contribution < 1.29 is 4.74 Å². The molecule has 90 valence electrons. The van der Waals surface area contributed by atoms with Gasteiger partial charge in [-0.05, 0) is 18.6 Å². The van der Waals surface area contributed by atoms with Crippen molar-refractivity contribution in [2.75, 3.05) is 6.61 Å². The summed E-state index contributed by atoms with van der Waals surface area (Å²) in [4.78, 5) is 0. The molecule has 0 fully saturated rings. The van der Waals surface area contributed by atoms with Crippen LogP contribution < -0.4 is 4.74 Å². The lowest BCUT2D eigenvalue weighted by Crippen LogP contribution is -2.27. The summed E-state index contributed by atoms with van der Waals surface area (Å²) in [5.41, 5.74) is 0. The summed E-state index contributed by atoms with van der Waals surface area (Å²) < 4.78 is 5.71. The molecule has 0 bridgehead atoms. The van der Waals surface area contributed by atoms with Crippen LogP contribution in [0, 0.1) is 0 Å². The van der Waals surface area contributed by atoms with Gasteiger partial charge < -0.3 is 4.74 Å². The summed E-state index contributed by atoms with van der Waals surface area (Å²) in [5.74, 6) is 0.999. The van der Waals surface area contributed by atoms with Crippen molar-refractivity contribution in [2.24, 2.45) is 0 Å². The van der Waals surface area contributed by atoms with Crippen LogP contribution in [0.15, 0.2) is 30.3 Å². The molecule has 0 heterocycles. The molecule has 0 aromatic heterocycles. The van der Waals surface area contributed by atoms with E-state index >= 15 is 0 Å². The number of hydrogen-bond acceptors (Lipinski definition) is 1. The molecule has 0 spiro atoms. The highest BCUT2D eigenvalue weighted by Gasteiger charge is 2.21. The fourth-order valence-electron chi connectivity index (χ4n) is 1.81. The lowest BCUT2D eigenvalue weighted by atomic mass is 10.3. The van der Waals surface area contributed by atoms with Crippen LogP contribution in [0.1, 0.15) is 20.3 Å². The van der Waals surface area contributed by atoms with Crippen molar-refractivity contribution in [1.82, 2.24) is 0 Å². The van der Waals surface area contributed by atoms with Gasteiger partial charge in [0.1, 0.15) is 5.75 Å². The first-order valence-electron chi connectivity index (χ1n) is 6.38. The van der Waals surface area contributed by atoms with E-state index in [-0.39, 0.29) is 0 Å². The fourth-order valence-corrected chi connectivity index (χ4v) is 4.01. The average Bonchev–Trinajstić information content (AvgIpc) is 2.36. The highest BCUT2D eigenvalue weighted by atomic mass is 28.3. The molecule has 0 amide bonds. The molecule has 2 heteroatoms. The molecule has 0 saturated carbocycles. The summed E-state index contributed by atoms with van der Waals surface area (Å²) >= 11 is 0. The second kappa shape index (κ2) is 6.74. The first-order chi connectivity index (χ1) is 7.70. The van der Waals surface area contributed by atoms with Gasteiger partial charge in [-0.15, -0.1) is 0 Å². The average molecular weight is 236 g/mol. The van der Waals surface area contributed by atoms with Crippen LogP contribution in [-0.4, -0.2) is 14.7 Å². The highest BCUT2D eigenvalue weighted by Crippen LogP contribution is 2.22. The smallest absolute Gasteiger partial charge is 0.119 e. The molecule has 1 rings (SSSR count). The van der Waals surface area contributed by atoms with Crippen molar-refractivity contribution in [3.63, 3.8) is 0 Å². The van der Waals surface area contributed by atoms with Crippen molar-refractivity contribution in [3.05, 3.63) is 30.3 Å². The number of ether oxygens (including phenoxy) is 1. The summed E-state index contributed by atoms with van der Waals surface area (Å²) in [5, 5.41) is 0. The van der Waals surface area contributed by atoms with Crippen LogP contribution in [0.25, 0.3) is 0 Å². The normalized spacial score (nSPS) is 11.4. The zero-order chi connectivity index (χ0) is 11.9. The van der Waals surface area contributed by atoms with Crippen LogP contribution in [0.3, 0.4) is 0 Å². The molecule has 1 aromatic rings. The van der Waals surface area contributed by atoms with Crippen LogP contribution in [0.5, 0.6) is 5.75 Å². The maximum Gasteiger partial charge on any atom is 0.119 e. The molecule has 0 atom stereocenters. The number of benzene rings is 1. The van der Waals surface area contributed by atoms with Gasteiger partial charge in [0.2, 0.25) is 0 Å². The van der Waals surface area contributed by atoms with Crippen LogP contribution >= 0.6 is 0 Å². The van der Waals surface area contributed by atoms with Gasteiger partial charge in [0.25, 0.3) is 0 Å². The minimum atomic E-state index is -0.916. The Bertz CT molecular complexity index is 280. The molecule has 0 radical (unpaired) electrons. The minimum absolute atomic E-state index is 0.868. The van der Waals surface area contributed by atoms with Gasteiger partial charge in [0.15, 0.2) is 0 Å². The molecule has 0 saturated heterocycles. The number of hydrogen-bond donors (Lipinski definition) is 0. The topological polar surface area (TPSA) is 9.23 Å². The Morgan fingerprint density at radius 2 is 1.69 bits per heavy atom. The maximum atomic E-state index is 5.71. The van der Waals surface area contributed by atoms with E-state index in [1.165, 1.54) is 24.6 Å². The predicted octanol–water partition coefficient (Wildman–Crippen LogP) is 4.57. The molecule has 16 heavy (non-hydrogen) atoms. The molecular weight excluding hydrogens is 212 g/mol. The zero-order valence-electron chi connectivity index (χ0n) is 10.8. The number of rotatable bonds is 7. The predicted molar refractivity (Wildman–Crippen MR) is 73.9 cm³/mol. The lowest BCUT2D eigenvalue weighted by Gasteiger charge is -2.23. The lowest BCUT2D eigenvalue weighted by molar-refractivity contribution is 0.316. The molecular formula is C14H24OSi. The van der Waals surface area contributed by atoms with Gasteiger partial charge in [-0.2, -0.15) is 0 Å². The SMILES string of the molecule is CC[Si](C)(CC)CCCOc1ccccc1. The van der Waals surface area contributed by atoms with E-state index in [4.69, 9.17) is 4.74 Å². The Kier molecular flexibility index (Phi) is 5.60. The summed E-state index contributed by atoms with van der Waals surface area (Å²) in [6.45, 7) is 8.06. The van der Waals surface area contributed by atoms with Gasteiger partial charge in [-0.3, -0.25) is 0 Å². The van der Waals surface area contributed by atoms with E-state index in [0.717, 1.165) is 12.4 Å². The van der Waals surface area contributed by atoms with Crippen molar-refractivity contribution in [2.45, 2.75) is 44.9 Å². The van der Waals surface area contributed by atoms with E-state index in [1.807, 2.05) is 30.3 Å². The Hall–Kier alpha value is -0.763. The first-order valence-corrected chi connectivity index (χ1v) is 9.50. The van der Waals surface area contributed by atoms with E-state index in [2.05, 4.69) is 20.4 Å². The van der Waals surface area contributed by atoms with E-state index < -0.39 is 8.07 Å². The molecule has 0 aliphatic heterocycles. The third-order valence-corrected chi connectivity index (χ3v) is 8.62. The largest absolute Gasteiger partial charge is 0.494 e. The van der Waals surface area contributed by atoms with Gasteiger partial charge >= 0.3 is 0 Å². The summed E-state index contributed by atoms with van der Waals surface area (Å²) in [6.07, 6.45) is 1.21. The minimum Gasteiger partial charge on any atom is -0.494 e. The van der Waals surface area contributed by atoms with E-state index in [9.17, 15) is 0 Å². The third kappa shape index (κ3) is 4.39. The van der Waals surface area contributed by atoms with Crippen LogP contribution in [0.2, 0.25) is 24.7 Å². The van der Waals surface area contributed by atoms with Crippen molar-refractivity contribution >= 4 is 8.07 Å². The monoisotopic (exact) mass is 236 g/mol. The number of para-hydroxylation sites is 1. The second-order valence-electron chi connectivity index (χ2n) is 4.78. The van der Waals surface area contributed by atoms with Gasteiger partial charge in [-0.1, -0.05) is 56.7 Å². The second-order valence-corrected chi connectivity index (χ2v) is 10.3.